The van der Waals surface area contributed by atoms with Gasteiger partial charge in [0.05, 0.1) is 32.6 Å². The maximum Gasteiger partial charge on any atom is 0.279 e. The molecule has 29 heavy (non-hydrogen) atoms. The molecule has 1 atom stereocenters. The predicted molar refractivity (Wildman–Crippen MR) is 110 cm³/mol. The van der Waals surface area contributed by atoms with E-state index in [0.717, 1.165) is 0 Å². The standard InChI is InChI=1S/C20H21N3O5S/c1-6-9-29-20-22-19(25)15-12(10-14(24)21-18(15)23(20)2)11-7-8-13(26-3)17(28-5)16(11)27-4/h1,7-8,12H,9-10H2,2-5H3,(H,21,24). The first-order chi connectivity index (χ1) is 14.0. The van der Waals surface area contributed by atoms with Gasteiger partial charge in [0.2, 0.25) is 11.7 Å². The fourth-order valence-electron chi connectivity index (χ4n) is 3.44. The minimum Gasteiger partial charge on any atom is -0.493 e. The molecule has 0 saturated heterocycles. The zero-order valence-electron chi connectivity index (χ0n) is 16.6. The highest BCUT2D eigenvalue weighted by Gasteiger charge is 2.35. The molecule has 9 heteroatoms. The first-order valence-corrected chi connectivity index (χ1v) is 9.71. The zero-order valence-corrected chi connectivity index (χ0v) is 17.4. The molecule has 1 unspecified atom stereocenters. The van der Waals surface area contributed by atoms with Crippen LogP contribution in [0.4, 0.5) is 5.82 Å². The maximum atomic E-state index is 12.9. The number of amides is 1. The van der Waals surface area contributed by atoms with Crippen LogP contribution in [0.25, 0.3) is 0 Å². The van der Waals surface area contributed by atoms with Crippen molar-refractivity contribution < 1.29 is 19.0 Å². The highest BCUT2D eigenvalue weighted by atomic mass is 32.2. The Morgan fingerprint density at radius 1 is 1.24 bits per heavy atom. The normalized spacial score (nSPS) is 15.1. The molecule has 2 aromatic rings. The molecule has 0 radical (unpaired) electrons. The van der Waals surface area contributed by atoms with E-state index in [1.807, 2.05) is 0 Å². The lowest BCUT2D eigenvalue weighted by molar-refractivity contribution is -0.116. The number of anilines is 1. The van der Waals surface area contributed by atoms with Crippen molar-refractivity contribution in [3.63, 3.8) is 0 Å². The molecule has 3 rings (SSSR count). The molecule has 1 N–H and O–H groups in total. The van der Waals surface area contributed by atoms with Gasteiger partial charge >= 0.3 is 0 Å². The van der Waals surface area contributed by atoms with E-state index in [9.17, 15) is 9.59 Å². The number of methoxy groups -OCH3 is 3. The van der Waals surface area contributed by atoms with Gasteiger partial charge in [-0.05, 0) is 6.07 Å². The number of fused-ring (bicyclic) bond motifs is 1. The van der Waals surface area contributed by atoms with Crippen LogP contribution in [0.1, 0.15) is 23.5 Å². The van der Waals surface area contributed by atoms with E-state index in [1.54, 1.807) is 23.7 Å². The van der Waals surface area contributed by atoms with Gasteiger partial charge in [0, 0.05) is 24.9 Å². The van der Waals surface area contributed by atoms with E-state index >= 15 is 0 Å². The highest BCUT2D eigenvalue weighted by molar-refractivity contribution is 7.99. The van der Waals surface area contributed by atoms with Gasteiger partial charge in [-0.25, -0.2) is 0 Å². The van der Waals surface area contributed by atoms with Crippen LogP contribution in [0.5, 0.6) is 17.2 Å². The van der Waals surface area contributed by atoms with Crippen molar-refractivity contribution >= 4 is 23.5 Å². The van der Waals surface area contributed by atoms with E-state index in [1.165, 1.54) is 33.1 Å². The molecule has 1 aromatic heterocycles. The number of benzene rings is 1. The SMILES string of the molecule is C#CCSc1nc(=O)c2c(n1C)NC(=O)CC2c1ccc(OC)c(OC)c1OC. The van der Waals surface area contributed by atoms with Gasteiger partial charge in [0.1, 0.15) is 5.82 Å². The van der Waals surface area contributed by atoms with Gasteiger partial charge in [0.25, 0.3) is 5.56 Å². The quantitative estimate of drug-likeness (QED) is 0.438. The van der Waals surface area contributed by atoms with Crippen LogP contribution in [0, 0.1) is 12.3 Å². The summed E-state index contributed by atoms with van der Waals surface area (Å²) < 4.78 is 18.0. The minimum atomic E-state index is -0.550. The van der Waals surface area contributed by atoms with Crippen LogP contribution < -0.4 is 25.1 Å². The molecule has 1 aliphatic heterocycles. The fourth-order valence-corrected chi connectivity index (χ4v) is 4.08. The van der Waals surface area contributed by atoms with Gasteiger partial charge < -0.3 is 24.1 Å². The van der Waals surface area contributed by atoms with E-state index < -0.39 is 11.5 Å². The van der Waals surface area contributed by atoms with E-state index in [-0.39, 0.29) is 12.3 Å². The van der Waals surface area contributed by atoms with E-state index in [4.69, 9.17) is 20.6 Å². The van der Waals surface area contributed by atoms with Crippen molar-refractivity contribution in [3.05, 3.63) is 33.6 Å². The van der Waals surface area contributed by atoms with Crippen molar-refractivity contribution in [1.29, 1.82) is 0 Å². The second-order valence-corrected chi connectivity index (χ2v) is 7.18. The largest absolute Gasteiger partial charge is 0.493 e. The third-order valence-electron chi connectivity index (χ3n) is 4.70. The number of thioether (sulfide) groups is 1. The number of rotatable bonds is 6. The third kappa shape index (κ3) is 3.63. The molecule has 0 spiro atoms. The van der Waals surface area contributed by atoms with Gasteiger partial charge in [-0.2, -0.15) is 4.98 Å². The summed E-state index contributed by atoms with van der Waals surface area (Å²) in [4.78, 5) is 29.6. The molecular weight excluding hydrogens is 394 g/mol. The Bertz CT molecular complexity index is 1060. The monoisotopic (exact) mass is 415 g/mol. The molecule has 0 fully saturated rings. The summed E-state index contributed by atoms with van der Waals surface area (Å²) >= 11 is 1.25. The molecule has 0 saturated carbocycles. The van der Waals surface area contributed by atoms with Crippen molar-refractivity contribution in [2.45, 2.75) is 17.5 Å². The van der Waals surface area contributed by atoms with Crippen LogP contribution in [0.15, 0.2) is 22.1 Å². The number of terminal acetylenes is 1. The van der Waals surface area contributed by atoms with Crippen molar-refractivity contribution in [2.24, 2.45) is 7.05 Å². The fraction of sp³-hybridized carbons (Fsp3) is 0.350. The Labute approximate surface area is 172 Å². The number of nitrogens with one attached hydrogen (secondary N) is 1. The molecule has 152 valence electrons. The molecule has 8 nitrogen and oxygen atoms in total. The van der Waals surface area contributed by atoms with Gasteiger partial charge in [-0.3, -0.25) is 9.59 Å². The minimum absolute atomic E-state index is 0.0760. The van der Waals surface area contributed by atoms with Crippen molar-refractivity contribution in [2.75, 3.05) is 32.4 Å². The lowest BCUT2D eigenvalue weighted by Crippen LogP contribution is -2.33. The van der Waals surface area contributed by atoms with Gasteiger partial charge in [-0.15, -0.1) is 6.42 Å². The second-order valence-electron chi connectivity index (χ2n) is 6.24. The van der Waals surface area contributed by atoms with Crippen LogP contribution >= 0.6 is 11.8 Å². The Balaban J connectivity index is 2.23. The van der Waals surface area contributed by atoms with Gasteiger partial charge in [-0.1, -0.05) is 23.7 Å². The Morgan fingerprint density at radius 2 is 1.97 bits per heavy atom. The zero-order chi connectivity index (χ0) is 21.1. The average Bonchev–Trinajstić information content (AvgIpc) is 2.73. The number of aromatic nitrogens is 2. The van der Waals surface area contributed by atoms with E-state index in [2.05, 4.69) is 16.2 Å². The summed E-state index contributed by atoms with van der Waals surface area (Å²) in [7, 11) is 6.26. The maximum absolute atomic E-state index is 12.9. The molecule has 1 aromatic carbocycles. The molecule has 0 aliphatic carbocycles. The molecule has 1 amide bonds. The lowest BCUT2D eigenvalue weighted by atomic mass is 9.86. The summed E-state index contributed by atoms with van der Waals surface area (Å²) in [6.45, 7) is 0. The highest BCUT2D eigenvalue weighted by Crippen LogP contribution is 2.46. The number of carbonyl (C=O) groups is 1. The average molecular weight is 415 g/mol. The first-order valence-electron chi connectivity index (χ1n) is 8.72. The van der Waals surface area contributed by atoms with Crippen LogP contribution in [-0.4, -0.2) is 42.5 Å². The summed E-state index contributed by atoms with van der Waals surface area (Å²) in [5, 5.41) is 3.23. The number of hydrogen-bond donors (Lipinski definition) is 1. The number of carbonyl (C=O) groups excluding carboxylic acids is 1. The Morgan fingerprint density at radius 3 is 2.59 bits per heavy atom. The molecule has 1 aliphatic rings. The van der Waals surface area contributed by atoms with Crippen molar-refractivity contribution in [1.82, 2.24) is 9.55 Å². The Hall–Kier alpha value is -3.12. The number of ether oxygens (including phenoxy) is 3. The molecular formula is C20H21N3O5S. The number of nitrogens with zero attached hydrogens (tertiary/aromatic N) is 2. The Kier molecular flexibility index (Phi) is 6.03. The second kappa shape index (κ2) is 8.49. The van der Waals surface area contributed by atoms with Crippen LogP contribution in [0.2, 0.25) is 0 Å². The summed E-state index contributed by atoms with van der Waals surface area (Å²) in [6, 6.07) is 3.49. The summed E-state index contributed by atoms with van der Waals surface area (Å²) in [5.41, 5.74) is 0.617. The van der Waals surface area contributed by atoms with Gasteiger partial charge in [0.15, 0.2) is 16.7 Å². The lowest BCUT2D eigenvalue weighted by Gasteiger charge is -2.29. The van der Waals surface area contributed by atoms with E-state index in [0.29, 0.717) is 45.1 Å². The smallest absolute Gasteiger partial charge is 0.279 e. The topological polar surface area (TPSA) is 91.7 Å². The predicted octanol–water partition coefficient (Wildman–Crippen LogP) is 2.01. The molecule has 0 bridgehead atoms. The molecule has 2 heterocycles. The summed E-state index contributed by atoms with van der Waals surface area (Å²) in [5.74, 6) is 3.79. The van der Waals surface area contributed by atoms with Crippen LogP contribution in [0.3, 0.4) is 0 Å². The third-order valence-corrected chi connectivity index (χ3v) is 5.63. The summed E-state index contributed by atoms with van der Waals surface area (Å²) in [6.07, 6.45) is 5.39. The van der Waals surface area contributed by atoms with Crippen molar-refractivity contribution in [3.8, 4) is 29.6 Å². The number of hydrogen-bond acceptors (Lipinski definition) is 7. The first kappa shape index (κ1) is 20.6. The van der Waals surface area contributed by atoms with Crippen LogP contribution in [-0.2, 0) is 11.8 Å².